The number of β-amino-alcohol motifs (C(OH)–C–C–N with tert-alkyl or cyclic N) is 1. The maximum absolute atomic E-state index is 11.2. The lowest BCUT2D eigenvalue weighted by atomic mass is 10.2. The highest BCUT2D eigenvalue weighted by atomic mass is 16.5. The molecule has 1 aromatic rings. The maximum Gasteiger partial charge on any atom is 0.240 e. The van der Waals surface area contributed by atoms with Crippen LogP contribution in [0.4, 0.5) is 0 Å². The first-order chi connectivity index (χ1) is 10.1. The predicted molar refractivity (Wildman–Crippen MR) is 72.2 cm³/mol. The van der Waals surface area contributed by atoms with Gasteiger partial charge in [0.15, 0.2) is 0 Å². The number of nitrogens with one attached hydrogen (secondary N) is 1. The van der Waals surface area contributed by atoms with Gasteiger partial charge in [-0.25, -0.2) is 0 Å². The van der Waals surface area contributed by atoms with E-state index in [0.717, 1.165) is 0 Å². The Morgan fingerprint density at radius 3 is 2.76 bits per heavy atom. The van der Waals surface area contributed by atoms with E-state index in [1.165, 1.54) is 0 Å². The van der Waals surface area contributed by atoms with Crippen LogP contribution < -0.4 is 10.1 Å². The normalized spacial score (nSPS) is 17.0. The topological polar surface area (TPSA) is 103 Å². The molecule has 2 N–H and O–H groups in total. The van der Waals surface area contributed by atoms with Gasteiger partial charge in [0, 0.05) is 6.54 Å². The number of hydrogen-bond donors (Lipinski definition) is 2. The number of hydrogen-bond acceptors (Lipinski definition) is 6. The van der Waals surface area contributed by atoms with Gasteiger partial charge >= 0.3 is 0 Å². The van der Waals surface area contributed by atoms with E-state index in [-0.39, 0.29) is 38.1 Å². The van der Waals surface area contributed by atoms with E-state index in [0.29, 0.717) is 11.3 Å². The number of imide groups is 1. The lowest BCUT2D eigenvalue weighted by Crippen LogP contribution is -2.53. The molecule has 0 aromatic heterocycles. The number of nitrogens with zero attached hydrogens (tertiary/aromatic N) is 2. The highest BCUT2D eigenvalue weighted by molar-refractivity contribution is 5.99. The average Bonchev–Trinajstić information content (AvgIpc) is 2.44. The lowest BCUT2D eigenvalue weighted by molar-refractivity contribution is -0.136. The first-order valence-electron chi connectivity index (χ1n) is 6.43. The van der Waals surface area contributed by atoms with E-state index in [9.17, 15) is 14.7 Å². The van der Waals surface area contributed by atoms with E-state index in [1.54, 1.807) is 29.2 Å². The molecule has 7 heteroatoms. The summed E-state index contributed by atoms with van der Waals surface area (Å²) in [5.41, 5.74) is 0.472. The van der Waals surface area contributed by atoms with Crippen LogP contribution in [0.5, 0.6) is 5.75 Å². The van der Waals surface area contributed by atoms with Crippen molar-refractivity contribution in [3.05, 3.63) is 29.8 Å². The van der Waals surface area contributed by atoms with Crippen LogP contribution in [-0.2, 0) is 9.59 Å². The van der Waals surface area contributed by atoms with Gasteiger partial charge in [0.05, 0.1) is 24.7 Å². The predicted octanol–water partition coefficient (Wildman–Crippen LogP) is -0.744. The fraction of sp³-hybridized carbons (Fsp3) is 0.357. The quantitative estimate of drug-likeness (QED) is 0.692. The van der Waals surface area contributed by atoms with E-state index >= 15 is 0 Å². The van der Waals surface area contributed by atoms with Crippen LogP contribution in [0.1, 0.15) is 5.56 Å². The van der Waals surface area contributed by atoms with Crippen molar-refractivity contribution in [2.75, 3.05) is 26.2 Å². The van der Waals surface area contributed by atoms with Gasteiger partial charge < -0.3 is 9.84 Å². The minimum atomic E-state index is -0.838. The zero-order chi connectivity index (χ0) is 15.2. The summed E-state index contributed by atoms with van der Waals surface area (Å²) in [6, 6.07) is 8.60. The number of rotatable bonds is 5. The molecular weight excluding hydrogens is 274 g/mol. The second-order valence-electron chi connectivity index (χ2n) is 4.75. The third-order valence-electron chi connectivity index (χ3n) is 2.89. The number of carbonyl (C=O) groups is 2. The monoisotopic (exact) mass is 289 g/mol. The first-order valence-corrected chi connectivity index (χ1v) is 6.43. The van der Waals surface area contributed by atoms with Crippen LogP contribution in [0.3, 0.4) is 0 Å². The zero-order valence-electron chi connectivity index (χ0n) is 11.3. The maximum atomic E-state index is 11.2. The second kappa shape index (κ2) is 6.83. The molecule has 2 rings (SSSR count). The fourth-order valence-corrected chi connectivity index (χ4v) is 2.02. The molecule has 0 spiro atoms. The van der Waals surface area contributed by atoms with Crippen LogP contribution in [0, 0.1) is 11.3 Å². The Morgan fingerprint density at radius 1 is 1.38 bits per heavy atom. The highest BCUT2D eigenvalue weighted by Gasteiger charge is 2.24. The number of carbonyl (C=O) groups excluding carboxylic acids is 2. The summed E-state index contributed by atoms with van der Waals surface area (Å²) >= 11 is 0. The van der Waals surface area contributed by atoms with Crippen molar-refractivity contribution in [2.45, 2.75) is 6.10 Å². The van der Waals surface area contributed by atoms with Gasteiger partial charge in [-0.05, 0) is 18.2 Å². The molecule has 2 amide bonds. The smallest absolute Gasteiger partial charge is 0.240 e. The van der Waals surface area contributed by atoms with E-state index in [2.05, 4.69) is 5.32 Å². The van der Waals surface area contributed by atoms with Crippen molar-refractivity contribution in [2.24, 2.45) is 0 Å². The highest BCUT2D eigenvalue weighted by Crippen LogP contribution is 2.13. The van der Waals surface area contributed by atoms with Gasteiger partial charge in [0.25, 0.3) is 0 Å². The van der Waals surface area contributed by atoms with Crippen molar-refractivity contribution < 1.29 is 19.4 Å². The Hall–Kier alpha value is -2.43. The molecule has 0 aliphatic carbocycles. The Kier molecular flexibility index (Phi) is 4.87. The van der Waals surface area contributed by atoms with E-state index in [4.69, 9.17) is 10.00 Å². The van der Waals surface area contributed by atoms with Gasteiger partial charge in [-0.2, -0.15) is 5.26 Å². The molecule has 21 heavy (non-hydrogen) atoms. The number of piperazine rings is 1. The van der Waals surface area contributed by atoms with Crippen molar-refractivity contribution >= 4 is 11.8 Å². The standard InChI is InChI=1S/C14H15N3O4/c15-5-10-2-1-3-12(4-10)21-9-11(18)6-17-7-13(19)16-14(20)8-17/h1-4,11,18H,6-9H2,(H,16,19,20). The van der Waals surface area contributed by atoms with Gasteiger partial charge in [-0.15, -0.1) is 0 Å². The summed E-state index contributed by atoms with van der Waals surface area (Å²) in [4.78, 5) is 24.0. The summed E-state index contributed by atoms with van der Waals surface area (Å²) in [5, 5.41) is 20.9. The van der Waals surface area contributed by atoms with E-state index in [1.807, 2.05) is 6.07 Å². The molecule has 1 aliphatic rings. The molecule has 1 unspecified atom stereocenters. The third kappa shape index (κ3) is 4.56. The minimum Gasteiger partial charge on any atom is -0.491 e. The van der Waals surface area contributed by atoms with Gasteiger partial charge in [-0.1, -0.05) is 6.07 Å². The molecule has 0 radical (unpaired) electrons. The van der Waals surface area contributed by atoms with Crippen LogP contribution in [0.15, 0.2) is 24.3 Å². The number of aliphatic hydroxyl groups excluding tert-OH is 1. The summed E-state index contributed by atoms with van der Waals surface area (Å²) in [6.45, 7) is 0.331. The Morgan fingerprint density at radius 2 is 2.10 bits per heavy atom. The molecule has 0 bridgehead atoms. The number of nitriles is 1. The Balaban J connectivity index is 1.81. The molecule has 1 atom stereocenters. The van der Waals surface area contributed by atoms with E-state index < -0.39 is 6.10 Å². The Bertz CT molecular complexity index is 566. The number of benzene rings is 1. The zero-order valence-corrected chi connectivity index (χ0v) is 11.3. The molecule has 110 valence electrons. The van der Waals surface area contributed by atoms with Crippen LogP contribution in [0.2, 0.25) is 0 Å². The number of amides is 2. The SMILES string of the molecule is N#Cc1cccc(OCC(O)CN2CC(=O)NC(=O)C2)c1. The van der Waals surface area contributed by atoms with Crippen molar-refractivity contribution in [1.82, 2.24) is 10.2 Å². The van der Waals surface area contributed by atoms with Crippen LogP contribution in [-0.4, -0.2) is 54.2 Å². The summed E-state index contributed by atoms with van der Waals surface area (Å²) < 4.78 is 5.39. The summed E-state index contributed by atoms with van der Waals surface area (Å²) in [6.07, 6.45) is -0.838. The van der Waals surface area contributed by atoms with Gasteiger partial charge in [0.2, 0.25) is 11.8 Å². The molecule has 0 saturated carbocycles. The lowest BCUT2D eigenvalue weighted by Gasteiger charge is -2.27. The first kappa shape index (κ1) is 15.0. The second-order valence-corrected chi connectivity index (χ2v) is 4.75. The molecule has 7 nitrogen and oxygen atoms in total. The molecule has 1 aromatic carbocycles. The summed E-state index contributed by atoms with van der Waals surface area (Å²) in [5.74, 6) is -0.261. The third-order valence-corrected chi connectivity index (χ3v) is 2.89. The summed E-state index contributed by atoms with van der Waals surface area (Å²) in [7, 11) is 0. The number of ether oxygens (including phenoxy) is 1. The Labute approximate surface area is 121 Å². The molecule has 1 aliphatic heterocycles. The molecule has 1 fully saturated rings. The largest absolute Gasteiger partial charge is 0.491 e. The van der Waals surface area contributed by atoms with Crippen molar-refractivity contribution in [3.63, 3.8) is 0 Å². The van der Waals surface area contributed by atoms with Crippen LogP contribution >= 0.6 is 0 Å². The fourth-order valence-electron chi connectivity index (χ4n) is 2.02. The van der Waals surface area contributed by atoms with Gasteiger partial charge in [-0.3, -0.25) is 19.8 Å². The molecule has 1 saturated heterocycles. The van der Waals surface area contributed by atoms with Crippen LogP contribution in [0.25, 0.3) is 0 Å². The molecule has 1 heterocycles. The van der Waals surface area contributed by atoms with Crippen molar-refractivity contribution in [1.29, 1.82) is 5.26 Å². The number of aliphatic hydroxyl groups is 1. The van der Waals surface area contributed by atoms with Gasteiger partial charge in [0.1, 0.15) is 18.5 Å². The molecular formula is C14H15N3O4. The van der Waals surface area contributed by atoms with Crippen molar-refractivity contribution in [3.8, 4) is 11.8 Å². The minimum absolute atomic E-state index is 0.0151. The average molecular weight is 289 g/mol.